The fraction of sp³-hybridized carbons (Fsp3) is 0.167. The van der Waals surface area contributed by atoms with Crippen molar-refractivity contribution in [3.63, 3.8) is 0 Å². The van der Waals surface area contributed by atoms with Crippen molar-refractivity contribution >= 4 is 21.8 Å². The van der Waals surface area contributed by atoms with Crippen LogP contribution in [-0.2, 0) is 6.61 Å². The van der Waals surface area contributed by atoms with Gasteiger partial charge in [-0.15, -0.1) is 0 Å². The average molecular weight is 342 g/mol. The first-order valence-corrected chi connectivity index (χ1v) is 6.36. The van der Waals surface area contributed by atoms with E-state index in [1.807, 2.05) is 5.43 Å². The zero-order chi connectivity index (χ0) is 14.5. The third-order valence-electron chi connectivity index (χ3n) is 2.43. The van der Waals surface area contributed by atoms with Crippen LogP contribution in [0.5, 0.6) is 11.5 Å². The van der Waals surface area contributed by atoms with Gasteiger partial charge in [0, 0.05) is 6.07 Å². The van der Waals surface area contributed by atoms with E-state index in [0.29, 0.717) is 17.3 Å². The molecule has 8 heteroatoms. The van der Waals surface area contributed by atoms with E-state index in [1.165, 1.54) is 6.07 Å². The van der Waals surface area contributed by atoms with E-state index in [0.717, 1.165) is 4.47 Å². The Morgan fingerprint density at radius 1 is 1.50 bits per heavy atom. The van der Waals surface area contributed by atoms with Crippen LogP contribution >= 0.6 is 15.9 Å². The smallest absolute Gasteiger partial charge is 0.287 e. The van der Waals surface area contributed by atoms with Crippen molar-refractivity contribution in [2.24, 2.45) is 5.84 Å². The number of nitrogens with two attached hydrogens (primary N) is 1. The highest BCUT2D eigenvalue weighted by Gasteiger charge is 2.12. The van der Waals surface area contributed by atoms with Crippen molar-refractivity contribution in [2.75, 3.05) is 7.11 Å². The maximum absolute atomic E-state index is 11.2. The predicted octanol–water partition coefficient (Wildman–Crippen LogP) is 1.63. The Morgan fingerprint density at radius 2 is 2.30 bits per heavy atom. The van der Waals surface area contributed by atoms with Crippen molar-refractivity contribution in [2.45, 2.75) is 6.61 Å². The Hall–Kier alpha value is -2.06. The lowest BCUT2D eigenvalue weighted by Gasteiger charge is -2.07. The summed E-state index contributed by atoms with van der Waals surface area (Å²) in [6.07, 6.45) is 0. The summed E-state index contributed by atoms with van der Waals surface area (Å²) in [5.74, 6) is 6.21. The molecule has 0 spiro atoms. The first kappa shape index (κ1) is 14.4. The summed E-state index contributed by atoms with van der Waals surface area (Å²) in [5, 5.41) is 3.57. The monoisotopic (exact) mass is 341 g/mol. The van der Waals surface area contributed by atoms with Crippen LogP contribution in [0.4, 0.5) is 0 Å². The van der Waals surface area contributed by atoms with Gasteiger partial charge in [0.1, 0.15) is 18.1 Å². The number of hydrogen-bond acceptors (Lipinski definition) is 6. The lowest BCUT2D eigenvalue weighted by Crippen LogP contribution is -2.30. The molecule has 0 saturated heterocycles. The molecule has 0 aliphatic heterocycles. The molecule has 1 aromatic carbocycles. The first-order valence-electron chi connectivity index (χ1n) is 5.57. The number of carbonyl (C=O) groups excluding carboxylic acids is 1. The molecule has 7 nitrogen and oxygen atoms in total. The summed E-state index contributed by atoms with van der Waals surface area (Å²) in [5.41, 5.74) is 2.06. The highest BCUT2D eigenvalue weighted by molar-refractivity contribution is 9.10. The second-order valence-electron chi connectivity index (χ2n) is 3.74. The number of methoxy groups -OCH3 is 1. The number of ether oxygens (including phenoxy) is 2. The molecule has 0 unspecified atom stereocenters. The second kappa shape index (κ2) is 6.40. The number of aromatic nitrogens is 1. The van der Waals surface area contributed by atoms with Gasteiger partial charge in [-0.05, 0) is 34.1 Å². The number of nitrogens with zero attached hydrogens (tertiary/aromatic N) is 1. The van der Waals surface area contributed by atoms with Crippen LogP contribution in [0.3, 0.4) is 0 Å². The molecule has 1 aromatic heterocycles. The average Bonchev–Trinajstić information content (AvgIpc) is 2.94. The van der Waals surface area contributed by atoms with Crippen LogP contribution in [0.1, 0.15) is 16.2 Å². The highest BCUT2D eigenvalue weighted by atomic mass is 79.9. The molecule has 3 N–H and O–H groups in total. The number of nitrogens with one attached hydrogen (secondary N) is 1. The SMILES string of the molecule is COc1ccc(OCc2cc(C(=O)NN)no2)c(Br)c1. The van der Waals surface area contributed by atoms with Crippen molar-refractivity contribution in [3.8, 4) is 11.5 Å². The molecular formula is C12H12BrN3O4. The number of carbonyl (C=O) groups is 1. The Labute approximate surface area is 123 Å². The molecule has 0 fully saturated rings. The zero-order valence-electron chi connectivity index (χ0n) is 10.6. The third-order valence-corrected chi connectivity index (χ3v) is 3.05. The molecular weight excluding hydrogens is 330 g/mol. The van der Waals surface area contributed by atoms with Gasteiger partial charge >= 0.3 is 0 Å². The largest absolute Gasteiger partial charge is 0.497 e. The second-order valence-corrected chi connectivity index (χ2v) is 4.59. The molecule has 2 rings (SSSR count). The van der Waals surface area contributed by atoms with Crippen molar-refractivity contribution in [1.82, 2.24) is 10.6 Å². The fourth-order valence-corrected chi connectivity index (χ4v) is 1.91. The van der Waals surface area contributed by atoms with E-state index in [-0.39, 0.29) is 12.3 Å². The van der Waals surface area contributed by atoms with Gasteiger partial charge in [0.25, 0.3) is 5.91 Å². The minimum Gasteiger partial charge on any atom is -0.497 e. The predicted molar refractivity (Wildman–Crippen MR) is 73.2 cm³/mol. The van der Waals surface area contributed by atoms with E-state index in [9.17, 15) is 4.79 Å². The van der Waals surface area contributed by atoms with Gasteiger partial charge in [0.2, 0.25) is 0 Å². The van der Waals surface area contributed by atoms with E-state index in [4.69, 9.17) is 19.8 Å². The van der Waals surface area contributed by atoms with Gasteiger partial charge < -0.3 is 14.0 Å². The Morgan fingerprint density at radius 3 is 2.95 bits per heavy atom. The van der Waals surface area contributed by atoms with E-state index < -0.39 is 5.91 Å². The third kappa shape index (κ3) is 3.28. The summed E-state index contributed by atoms with van der Waals surface area (Å²) in [4.78, 5) is 11.2. The van der Waals surface area contributed by atoms with Gasteiger partial charge in [-0.1, -0.05) is 5.16 Å². The summed E-state index contributed by atoms with van der Waals surface area (Å²) >= 11 is 3.37. The molecule has 20 heavy (non-hydrogen) atoms. The highest BCUT2D eigenvalue weighted by Crippen LogP contribution is 2.29. The van der Waals surface area contributed by atoms with Crippen LogP contribution in [0.25, 0.3) is 0 Å². The molecule has 1 heterocycles. The van der Waals surface area contributed by atoms with Crippen LogP contribution in [0.15, 0.2) is 33.3 Å². The molecule has 0 atom stereocenters. The fourth-order valence-electron chi connectivity index (χ4n) is 1.44. The molecule has 2 aromatic rings. The maximum atomic E-state index is 11.2. The van der Waals surface area contributed by atoms with Crippen LogP contribution in [0.2, 0.25) is 0 Å². The van der Waals surface area contributed by atoms with Gasteiger partial charge in [-0.25, -0.2) is 5.84 Å². The van der Waals surface area contributed by atoms with Crippen LogP contribution in [0, 0.1) is 0 Å². The Bertz CT molecular complexity index is 614. The normalized spacial score (nSPS) is 10.2. The minimum atomic E-state index is -0.523. The van der Waals surface area contributed by atoms with E-state index in [2.05, 4.69) is 21.1 Å². The molecule has 0 aliphatic rings. The van der Waals surface area contributed by atoms with Gasteiger partial charge in [0.05, 0.1) is 11.6 Å². The number of hydrogen-bond donors (Lipinski definition) is 2. The van der Waals surface area contributed by atoms with Crippen molar-refractivity contribution < 1.29 is 18.8 Å². The number of hydrazine groups is 1. The molecule has 106 valence electrons. The van der Waals surface area contributed by atoms with Crippen molar-refractivity contribution in [1.29, 1.82) is 0 Å². The summed E-state index contributed by atoms with van der Waals surface area (Å²) in [6, 6.07) is 6.77. The van der Waals surface area contributed by atoms with Gasteiger partial charge in [0.15, 0.2) is 11.5 Å². The molecule has 0 bridgehead atoms. The van der Waals surface area contributed by atoms with Crippen molar-refractivity contribution in [3.05, 3.63) is 40.2 Å². The standard InChI is InChI=1S/C12H12BrN3O4/c1-18-7-2-3-11(9(13)4-7)19-6-8-5-10(16-20-8)12(17)15-14/h2-5H,6,14H2,1H3,(H,15,17). The molecule has 0 saturated carbocycles. The molecule has 0 aliphatic carbocycles. The molecule has 0 radical (unpaired) electrons. The Kier molecular flexibility index (Phi) is 4.59. The number of rotatable bonds is 5. The van der Waals surface area contributed by atoms with Crippen LogP contribution < -0.4 is 20.7 Å². The number of amides is 1. The maximum Gasteiger partial charge on any atom is 0.287 e. The quantitative estimate of drug-likeness (QED) is 0.487. The topological polar surface area (TPSA) is 99.6 Å². The van der Waals surface area contributed by atoms with E-state index in [1.54, 1.807) is 25.3 Å². The summed E-state index contributed by atoms with van der Waals surface area (Å²) in [6.45, 7) is 0.135. The summed E-state index contributed by atoms with van der Waals surface area (Å²) < 4.78 is 16.3. The van der Waals surface area contributed by atoms with Gasteiger partial charge in [-0.3, -0.25) is 10.2 Å². The minimum absolute atomic E-state index is 0.0971. The van der Waals surface area contributed by atoms with Gasteiger partial charge in [-0.2, -0.15) is 0 Å². The Balaban J connectivity index is 2.01. The number of halogens is 1. The number of benzene rings is 1. The lowest BCUT2D eigenvalue weighted by atomic mass is 10.3. The lowest BCUT2D eigenvalue weighted by molar-refractivity contribution is 0.0944. The summed E-state index contributed by atoms with van der Waals surface area (Å²) in [7, 11) is 1.58. The number of nitrogen functional groups attached to an aromatic ring is 1. The van der Waals surface area contributed by atoms with E-state index >= 15 is 0 Å². The zero-order valence-corrected chi connectivity index (χ0v) is 12.1. The van der Waals surface area contributed by atoms with Crippen LogP contribution in [-0.4, -0.2) is 18.2 Å². The first-order chi connectivity index (χ1) is 9.63. The molecule has 1 amide bonds.